The Hall–Kier alpha value is -3.91. The van der Waals surface area contributed by atoms with Crippen LogP contribution in [0.1, 0.15) is 33.3 Å². The van der Waals surface area contributed by atoms with E-state index in [-0.39, 0.29) is 35.2 Å². The summed E-state index contributed by atoms with van der Waals surface area (Å²) in [7, 11) is 3.31. The molecule has 2 unspecified atom stereocenters. The first-order chi connectivity index (χ1) is 16.7. The largest absolute Gasteiger partial charge is 0.489 e. The van der Waals surface area contributed by atoms with Crippen LogP contribution in [0.4, 0.5) is 5.69 Å². The highest BCUT2D eigenvalue weighted by Crippen LogP contribution is 2.29. The van der Waals surface area contributed by atoms with Crippen molar-refractivity contribution < 1.29 is 29.3 Å². The van der Waals surface area contributed by atoms with Gasteiger partial charge in [-0.25, -0.2) is 4.79 Å². The lowest BCUT2D eigenvalue weighted by Gasteiger charge is -2.17. The van der Waals surface area contributed by atoms with Gasteiger partial charge in [0.15, 0.2) is 0 Å². The highest BCUT2D eigenvalue weighted by molar-refractivity contribution is 6.09. The Labute approximate surface area is 202 Å². The Bertz CT molecular complexity index is 1260. The summed E-state index contributed by atoms with van der Waals surface area (Å²) < 4.78 is 12.6. The van der Waals surface area contributed by atoms with E-state index in [9.17, 15) is 19.8 Å². The third-order valence-corrected chi connectivity index (χ3v) is 5.43. The van der Waals surface area contributed by atoms with Gasteiger partial charge in [-0.3, -0.25) is 4.79 Å². The third kappa shape index (κ3) is 6.16. The van der Waals surface area contributed by atoms with Gasteiger partial charge in [-0.1, -0.05) is 12.1 Å². The number of hydrogen-bond donors (Lipinski definition) is 4. The maximum Gasteiger partial charge on any atom is 0.337 e. The van der Waals surface area contributed by atoms with E-state index in [1.54, 1.807) is 36.9 Å². The summed E-state index contributed by atoms with van der Waals surface area (Å²) in [5.41, 5.74) is 1.03. The molecule has 35 heavy (non-hydrogen) atoms. The second-order valence-electron chi connectivity index (χ2n) is 8.14. The molecule has 2 aromatic carbocycles. The zero-order valence-electron chi connectivity index (χ0n) is 19.7. The first kappa shape index (κ1) is 25.7. The molecule has 4 N–H and O–H groups in total. The van der Waals surface area contributed by atoms with Gasteiger partial charge in [-0.2, -0.15) is 5.26 Å². The van der Waals surface area contributed by atoms with Crippen LogP contribution in [0.2, 0.25) is 0 Å². The number of aliphatic hydroxyl groups excluding tert-OH is 1. The molecule has 0 aliphatic carbocycles. The van der Waals surface area contributed by atoms with Gasteiger partial charge in [0.1, 0.15) is 24.2 Å². The first-order valence-corrected chi connectivity index (χ1v) is 11.0. The van der Waals surface area contributed by atoms with Crippen molar-refractivity contribution >= 4 is 28.5 Å². The molecule has 1 heterocycles. The topological polar surface area (TPSA) is 146 Å². The monoisotopic (exact) mass is 480 g/mol. The number of para-hydroxylation sites is 1. The molecule has 0 fully saturated rings. The van der Waals surface area contributed by atoms with E-state index >= 15 is 0 Å². The van der Waals surface area contributed by atoms with Crippen LogP contribution in [0.5, 0.6) is 5.75 Å². The number of nitrogens with zero attached hydrogens (tertiary/aromatic N) is 2. The van der Waals surface area contributed by atoms with Crippen LogP contribution >= 0.6 is 0 Å². The van der Waals surface area contributed by atoms with E-state index in [4.69, 9.17) is 14.7 Å². The van der Waals surface area contributed by atoms with Crippen LogP contribution in [-0.4, -0.2) is 65.7 Å². The molecule has 0 aliphatic rings. The van der Waals surface area contributed by atoms with Crippen molar-refractivity contribution in [2.45, 2.75) is 19.1 Å². The van der Waals surface area contributed by atoms with E-state index in [0.717, 1.165) is 5.39 Å². The molecule has 0 radical (unpaired) electrons. The van der Waals surface area contributed by atoms with Gasteiger partial charge in [-0.05, 0) is 37.3 Å². The molecule has 0 saturated carbocycles. The lowest BCUT2D eigenvalue weighted by Crippen LogP contribution is -2.38. The number of carbonyl (C=O) groups is 2. The highest BCUT2D eigenvalue weighted by atomic mass is 16.5. The number of carboxylic acids is 1. The van der Waals surface area contributed by atoms with Crippen LogP contribution in [0.3, 0.4) is 0 Å². The van der Waals surface area contributed by atoms with Crippen molar-refractivity contribution in [1.82, 2.24) is 9.88 Å². The van der Waals surface area contributed by atoms with E-state index < -0.39 is 18.0 Å². The zero-order valence-corrected chi connectivity index (χ0v) is 19.7. The number of nitrogens with one attached hydrogen (secondary N) is 2. The maximum atomic E-state index is 13.0. The van der Waals surface area contributed by atoms with E-state index in [2.05, 4.69) is 10.6 Å². The average molecular weight is 481 g/mol. The number of aromatic nitrogens is 1. The Balaban J connectivity index is 1.78. The predicted molar refractivity (Wildman–Crippen MR) is 130 cm³/mol. The normalized spacial score (nSPS) is 12.7. The molecule has 0 bridgehead atoms. The number of rotatable bonds is 11. The zero-order chi connectivity index (χ0) is 25.5. The van der Waals surface area contributed by atoms with E-state index in [1.807, 2.05) is 19.1 Å². The van der Waals surface area contributed by atoms with Crippen molar-refractivity contribution in [2.75, 3.05) is 32.2 Å². The summed E-state index contributed by atoms with van der Waals surface area (Å²) in [5.74, 6) is -1.27. The van der Waals surface area contributed by atoms with Gasteiger partial charge in [-0.15, -0.1) is 0 Å². The summed E-state index contributed by atoms with van der Waals surface area (Å²) in [5, 5.41) is 35.3. The summed E-state index contributed by atoms with van der Waals surface area (Å²) in [6.45, 7) is 2.85. The number of hydrogen-bond acceptors (Lipinski definition) is 7. The van der Waals surface area contributed by atoms with Crippen molar-refractivity contribution in [2.24, 2.45) is 7.05 Å². The molecule has 184 valence electrons. The molecule has 2 atom stereocenters. The second kappa shape index (κ2) is 11.5. The molecule has 0 saturated heterocycles. The molecule has 0 aliphatic heterocycles. The Kier molecular flexibility index (Phi) is 8.43. The first-order valence-electron chi connectivity index (χ1n) is 11.0. The average Bonchev–Trinajstić information content (AvgIpc) is 3.18. The Morgan fingerprint density at radius 2 is 1.97 bits per heavy atom. The number of benzene rings is 2. The SMILES string of the molecule is COCC(C)NCC(O)COc1cccc2cc(C(=O)Nc3ccc(C#N)cc3C(=O)O)n(C)c12. The van der Waals surface area contributed by atoms with Crippen molar-refractivity contribution in [3.05, 3.63) is 59.3 Å². The van der Waals surface area contributed by atoms with Gasteiger partial charge in [0.2, 0.25) is 0 Å². The number of aliphatic hydroxyl groups is 1. The molecular weight excluding hydrogens is 452 g/mol. The fraction of sp³-hybridized carbons (Fsp3) is 0.320. The smallest absolute Gasteiger partial charge is 0.337 e. The van der Waals surface area contributed by atoms with Crippen molar-refractivity contribution in [1.29, 1.82) is 5.26 Å². The summed E-state index contributed by atoms with van der Waals surface area (Å²) in [4.78, 5) is 24.6. The minimum atomic E-state index is -1.25. The minimum absolute atomic E-state index is 0.0474. The quantitative estimate of drug-likeness (QED) is 0.327. The molecule has 1 aromatic heterocycles. The van der Waals surface area contributed by atoms with Gasteiger partial charge < -0.3 is 34.9 Å². The van der Waals surface area contributed by atoms with E-state index in [1.165, 1.54) is 18.2 Å². The summed E-state index contributed by atoms with van der Waals surface area (Å²) in [6.07, 6.45) is -0.751. The molecule has 3 aromatic rings. The third-order valence-electron chi connectivity index (χ3n) is 5.43. The number of nitriles is 1. The fourth-order valence-electron chi connectivity index (χ4n) is 3.69. The van der Waals surface area contributed by atoms with Gasteiger partial charge in [0.25, 0.3) is 5.91 Å². The summed E-state index contributed by atoms with van der Waals surface area (Å²) >= 11 is 0. The molecule has 1 amide bonds. The number of ether oxygens (including phenoxy) is 2. The number of amides is 1. The molecular formula is C25H28N4O6. The fourth-order valence-corrected chi connectivity index (χ4v) is 3.69. The van der Waals surface area contributed by atoms with Crippen molar-refractivity contribution in [3.8, 4) is 11.8 Å². The number of carbonyl (C=O) groups excluding carboxylic acids is 1. The molecule has 3 rings (SSSR count). The van der Waals surface area contributed by atoms with Gasteiger partial charge in [0, 0.05) is 32.1 Å². The standard InChI is InChI=1S/C25H28N4O6/c1-15(13-34-3)27-12-18(30)14-35-22-6-4-5-17-10-21(29(2)23(17)22)24(31)28-20-8-7-16(11-26)9-19(20)25(32)33/h4-10,15,18,27,30H,12-14H2,1-3H3,(H,28,31)(H,32,33). The number of fused-ring (bicyclic) bond motifs is 1. The predicted octanol–water partition coefficient (Wildman–Crippen LogP) is 2.36. The summed E-state index contributed by atoms with van der Waals surface area (Å²) in [6, 6.07) is 13.0. The number of aryl methyl sites for hydroxylation is 1. The minimum Gasteiger partial charge on any atom is -0.489 e. The number of methoxy groups -OCH3 is 1. The molecule has 10 heteroatoms. The Morgan fingerprint density at radius 3 is 2.66 bits per heavy atom. The number of anilines is 1. The Morgan fingerprint density at radius 1 is 1.20 bits per heavy atom. The van der Waals surface area contributed by atoms with Crippen molar-refractivity contribution in [3.63, 3.8) is 0 Å². The van der Waals surface area contributed by atoms with Crippen LogP contribution in [-0.2, 0) is 11.8 Å². The number of aromatic carboxylic acids is 1. The lowest BCUT2D eigenvalue weighted by molar-refractivity contribution is 0.0698. The van der Waals surface area contributed by atoms with Crippen LogP contribution in [0.25, 0.3) is 10.9 Å². The lowest BCUT2D eigenvalue weighted by atomic mass is 10.1. The highest BCUT2D eigenvalue weighted by Gasteiger charge is 2.20. The maximum absolute atomic E-state index is 13.0. The van der Waals surface area contributed by atoms with Crippen LogP contribution < -0.4 is 15.4 Å². The van der Waals surface area contributed by atoms with Gasteiger partial charge >= 0.3 is 5.97 Å². The second-order valence-corrected chi connectivity index (χ2v) is 8.14. The molecule has 0 spiro atoms. The molecule has 10 nitrogen and oxygen atoms in total. The van der Waals surface area contributed by atoms with Crippen LogP contribution in [0.15, 0.2) is 42.5 Å². The number of carboxylic acid groups (broad SMARTS) is 1. The van der Waals surface area contributed by atoms with E-state index in [0.29, 0.717) is 24.4 Å². The van der Waals surface area contributed by atoms with Crippen LogP contribution in [0, 0.1) is 11.3 Å². The van der Waals surface area contributed by atoms with Gasteiger partial charge in [0.05, 0.1) is 35.0 Å².